The van der Waals surface area contributed by atoms with Crippen LogP contribution in [0.5, 0.6) is 5.75 Å². The molecule has 2 aromatic carbocycles. The molecule has 2 aliphatic rings. The molecule has 52 heavy (non-hydrogen) atoms. The van der Waals surface area contributed by atoms with Crippen LogP contribution in [-0.4, -0.2) is 109 Å². The van der Waals surface area contributed by atoms with E-state index in [1.165, 1.54) is 23.4 Å². The number of benzene rings is 2. The van der Waals surface area contributed by atoms with Gasteiger partial charge in [-0.15, -0.1) is 0 Å². The summed E-state index contributed by atoms with van der Waals surface area (Å²) in [6.07, 6.45) is 3.32. The molecule has 3 amide bonds. The van der Waals surface area contributed by atoms with Crippen LogP contribution in [0, 0.1) is 17.1 Å². The number of amides is 3. The number of hydrogen-bond acceptors (Lipinski definition) is 10. The number of β-amino-alcohol motifs (C(OH)–C–C–N with tert-alkyl or cyclic N) is 1. The van der Waals surface area contributed by atoms with Crippen LogP contribution < -0.4 is 10.1 Å². The molecule has 17 heteroatoms. The van der Waals surface area contributed by atoms with Crippen molar-refractivity contribution in [1.29, 1.82) is 5.26 Å². The Bertz CT molecular complexity index is 2070. The SMILES string of the molecule is CC(C)(C)OC(=O)N1C[C@H](O)C[C@H]1C(=O)N1CCN(C(=O)c2ccc(Nc3nccn4c(-c5ccc(OCC#N)c(F)c5Cl)cnc34)cc2Cl)CC1. The number of hydrogen-bond donors (Lipinski definition) is 2. The molecule has 0 radical (unpaired) electrons. The zero-order valence-electron chi connectivity index (χ0n) is 28.5. The molecule has 2 aliphatic heterocycles. The maximum absolute atomic E-state index is 14.9. The Morgan fingerprint density at radius 2 is 1.83 bits per heavy atom. The first-order valence-electron chi connectivity index (χ1n) is 16.4. The number of halogens is 3. The second-order valence-electron chi connectivity index (χ2n) is 13.3. The molecule has 0 saturated carbocycles. The number of aliphatic hydroxyl groups is 1. The number of nitrogens with one attached hydrogen (secondary N) is 1. The monoisotopic (exact) mass is 752 g/mol. The van der Waals surface area contributed by atoms with E-state index < -0.39 is 29.7 Å². The zero-order valence-corrected chi connectivity index (χ0v) is 30.0. The first-order chi connectivity index (χ1) is 24.8. The summed E-state index contributed by atoms with van der Waals surface area (Å²) in [4.78, 5) is 53.0. The predicted molar refractivity (Wildman–Crippen MR) is 189 cm³/mol. The van der Waals surface area contributed by atoms with Crippen LogP contribution in [-0.2, 0) is 9.53 Å². The molecule has 272 valence electrons. The molecule has 2 fully saturated rings. The Balaban J connectivity index is 1.11. The van der Waals surface area contributed by atoms with E-state index in [-0.39, 0.29) is 78.9 Å². The Kier molecular flexibility index (Phi) is 10.4. The van der Waals surface area contributed by atoms with E-state index in [1.807, 2.05) is 0 Å². The van der Waals surface area contributed by atoms with Gasteiger partial charge in [0.25, 0.3) is 5.91 Å². The second kappa shape index (κ2) is 14.8. The minimum absolute atomic E-state index is 0.00775. The highest BCUT2D eigenvalue weighted by Crippen LogP contribution is 2.36. The van der Waals surface area contributed by atoms with Crippen molar-refractivity contribution in [2.75, 3.05) is 44.6 Å². The van der Waals surface area contributed by atoms with Gasteiger partial charge in [-0.25, -0.2) is 19.2 Å². The first-order valence-corrected chi connectivity index (χ1v) is 17.1. The van der Waals surface area contributed by atoms with E-state index in [4.69, 9.17) is 37.9 Å². The summed E-state index contributed by atoms with van der Waals surface area (Å²) in [5.74, 6) is -1.19. The van der Waals surface area contributed by atoms with E-state index >= 15 is 0 Å². The van der Waals surface area contributed by atoms with E-state index in [0.717, 1.165) is 0 Å². The lowest BCUT2D eigenvalue weighted by Crippen LogP contribution is -2.55. The number of carbonyl (C=O) groups excluding carboxylic acids is 3. The maximum Gasteiger partial charge on any atom is 0.411 e. The number of ether oxygens (including phenoxy) is 2. The molecule has 0 bridgehead atoms. The number of nitrogens with zero attached hydrogens (tertiary/aromatic N) is 7. The average Bonchev–Trinajstić information content (AvgIpc) is 3.72. The number of likely N-dealkylation sites (tertiary alicyclic amines) is 1. The molecule has 4 heterocycles. The standard InChI is InChI=1S/C35H35Cl2FN8O6/c1-35(2,3)52-34(50)46-19-21(47)17-25(46)33(49)44-13-11-43(12-14-44)32(48)22-5-4-20(16-24(22)36)42-30-31-41-18-26(45(31)10-9-40-30)23-6-7-27(51-15-8-39)29(38)28(23)37/h4-7,9-10,16,18,21,25,47H,11-15,17,19H2,1-3H3,(H,40,42)/t21-,25+/m1/s1. The number of fused-ring (bicyclic) bond motifs is 1. The third-order valence-electron chi connectivity index (χ3n) is 8.58. The van der Waals surface area contributed by atoms with Crippen molar-refractivity contribution < 1.29 is 33.4 Å². The fourth-order valence-corrected chi connectivity index (χ4v) is 6.66. The lowest BCUT2D eigenvalue weighted by atomic mass is 10.1. The van der Waals surface area contributed by atoms with Crippen LogP contribution in [0.3, 0.4) is 0 Å². The van der Waals surface area contributed by atoms with Crippen LogP contribution in [0.15, 0.2) is 48.9 Å². The molecular formula is C35H35Cl2FN8O6. The number of aromatic nitrogens is 3. The molecule has 2 saturated heterocycles. The summed E-state index contributed by atoms with van der Waals surface area (Å²) in [7, 11) is 0. The van der Waals surface area contributed by atoms with Crippen LogP contribution in [0.1, 0.15) is 37.6 Å². The van der Waals surface area contributed by atoms with Crippen molar-refractivity contribution in [3.05, 3.63) is 70.3 Å². The zero-order chi connectivity index (χ0) is 37.3. The van der Waals surface area contributed by atoms with Gasteiger partial charge in [-0.2, -0.15) is 5.26 Å². The van der Waals surface area contributed by atoms with Crippen molar-refractivity contribution in [2.45, 2.75) is 44.9 Å². The molecule has 4 aromatic rings. The van der Waals surface area contributed by atoms with Crippen LogP contribution >= 0.6 is 23.2 Å². The van der Waals surface area contributed by atoms with Gasteiger partial charge in [-0.3, -0.25) is 18.9 Å². The van der Waals surface area contributed by atoms with Crippen LogP contribution in [0.4, 0.5) is 20.7 Å². The predicted octanol–water partition coefficient (Wildman–Crippen LogP) is 5.14. The van der Waals surface area contributed by atoms with Gasteiger partial charge in [0.2, 0.25) is 5.91 Å². The minimum atomic E-state index is -0.848. The maximum atomic E-state index is 14.9. The topological polar surface area (TPSA) is 166 Å². The quantitative estimate of drug-likeness (QED) is 0.258. The lowest BCUT2D eigenvalue weighted by Gasteiger charge is -2.37. The summed E-state index contributed by atoms with van der Waals surface area (Å²) in [5.41, 5.74) is 1.29. The highest BCUT2D eigenvalue weighted by atomic mass is 35.5. The minimum Gasteiger partial charge on any atom is -0.476 e. The number of carbonyl (C=O) groups is 3. The van der Waals surface area contributed by atoms with Gasteiger partial charge >= 0.3 is 6.09 Å². The van der Waals surface area contributed by atoms with Gasteiger partial charge in [0, 0.05) is 56.2 Å². The number of anilines is 2. The summed E-state index contributed by atoms with van der Waals surface area (Å²) in [6, 6.07) is 8.77. The van der Waals surface area contributed by atoms with E-state index in [0.29, 0.717) is 28.4 Å². The third kappa shape index (κ3) is 7.55. The second-order valence-corrected chi connectivity index (χ2v) is 14.1. The fraction of sp³-hybridized carbons (Fsp3) is 0.371. The molecule has 2 N–H and O–H groups in total. The first kappa shape index (κ1) is 36.6. The smallest absolute Gasteiger partial charge is 0.411 e. The fourth-order valence-electron chi connectivity index (χ4n) is 6.14. The van der Waals surface area contributed by atoms with Gasteiger partial charge in [-0.1, -0.05) is 23.2 Å². The Morgan fingerprint density at radius 1 is 1.10 bits per heavy atom. The molecule has 6 rings (SSSR count). The average molecular weight is 754 g/mol. The van der Waals surface area contributed by atoms with Crippen molar-refractivity contribution in [3.8, 4) is 23.1 Å². The van der Waals surface area contributed by atoms with Crippen LogP contribution in [0.25, 0.3) is 16.9 Å². The Hall–Kier alpha value is -5.17. The van der Waals surface area contributed by atoms with Crippen LogP contribution in [0.2, 0.25) is 10.0 Å². The Labute approximate surface area is 308 Å². The van der Waals surface area contributed by atoms with Crippen molar-refractivity contribution >= 4 is 58.3 Å². The number of piperazine rings is 1. The molecule has 0 aliphatic carbocycles. The molecule has 0 spiro atoms. The molecule has 14 nitrogen and oxygen atoms in total. The van der Waals surface area contributed by atoms with Gasteiger partial charge in [0.05, 0.1) is 40.1 Å². The number of nitriles is 1. The molecule has 2 aromatic heterocycles. The summed E-state index contributed by atoms with van der Waals surface area (Å²) in [6.45, 7) is 5.87. The van der Waals surface area contributed by atoms with Crippen molar-refractivity contribution in [3.63, 3.8) is 0 Å². The van der Waals surface area contributed by atoms with Gasteiger partial charge in [0.15, 0.2) is 29.6 Å². The normalized spacial score (nSPS) is 17.6. The number of imidazole rings is 1. The molecular weight excluding hydrogens is 718 g/mol. The van der Waals surface area contributed by atoms with Crippen molar-refractivity contribution in [1.82, 2.24) is 29.1 Å². The van der Waals surface area contributed by atoms with E-state index in [9.17, 15) is 23.9 Å². The lowest BCUT2D eigenvalue weighted by molar-refractivity contribution is -0.137. The largest absolute Gasteiger partial charge is 0.476 e. The molecule has 0 unspecified atom stereocenters. The summed E-state index contributed by atoms with van der Waals surface area (Å²) >= 11 is 13.0. The van der Waals surface area contributed by atoms with E-state index in [1.54, 1.807) is 71.5 Å². The molecule has 2 atom stereocenters. The summed E-state index contributed by atoms with van der Waals surface area (Å²) < 4.78 is 27.1. The number of aliphatic hydroxyl groups excluding tert-OH is 1. The third-order valence-corrected chi connectivity index (χ3v) is 9.26. The van der Waals surface area contributed by atoms with Gasteiger partial charge in [-0.05, 0) is 51.1 Å². The summed E-state index contributed by atoms with van der Waals surface area (Å²) in [5, 5.41) is 22.2. The van der Waals surface area contributed by atoms with Gasteiger partial charge in [0.1, 0.15) is 17.7 Å². The Morgan fingerprint density at radius 3 is 2.52 bits per heavy atom. The van der Waals surface area contributed by atoms with Crippen molar-refractivity contribution in [2.24, 2.45) is 0 Å². The van der Waals surface area contributed by atoms with Gasteiger partial charge < -0.3 is 29.7 Å². The highest BCUT2D eigenvalue weighted by Gasteiger charge is 2.43. The van der Waals surface area contributed by atoms with E-state index in [2.05, 4.69) is 15.3 Å². The number of rotatable bonds is 7. The highest BCUT2D eigenvalue weighted by molar-refractivity contribution is 6.34.